The van der Waals surface area contributed by atoms with Crippen molar-refractivity contribution in [1.82, 2.24) is 10.2 Å². The topological polar surface area (TPSA) is 15.3 Å². The second kappa shape index (κ2) is 6.91. The molecule has 0 amide bonds. The van der Waals surface area contributed by atoms with Gasteiger partial charge < -0.3 is 5.32 Å². The van der Waals surface area contributed by atoms with Crippen LogP contribution in [0, 0.1) is 0 Å². The molecule has 1 aliphatic rings. The highest BCUT2D eigenvalue weighted by Gasteiger charge is 2.41. The van der Waals surface area contributed by atoms with E-state index in [4.69, 9.17) is 0 Å². The number of rotatable bonds is 7. The quantitative estimate of drug-likeness (QED) is 0.695. The van der Waals surface area contributed by atoms with Crippen molar-refractivity contribution < 1.29 is 0 Å². The van der Waals surface area contributed by atoms with E-state index >= 15 is 0 Å². The molecule has 1 heterocycles. The highest BCUT2D eigenvalue weighted by molar-refractivity contribution is 5.02. The molecule has 0 bridgehead atoms. The van der Waals surface area contributed by atoms with Crippen LogP contribution in [0.2, 0.25) is 0 Å². The molecule has 1 atom stereocenters. The third-order valence-electron chi connectivity index (χ3n) is 5.25. The molecule has 0 aromatic rings. The Morgan fingerprint density at radius 3 is 2.17 bits per heavy atom. The first-order valence-electron chi connectivity index (χ1n) is 8.06. The molecule has 2 nitrogen and oxygen atoms in total. The fourth-order valence-corrected chi connectivity index (χ4v) is 3.08. The molecule has 1 fully saturated rings. The van der Waals surface area contributed by atoms with Crippen LogP contribution < -0.4 is 5.32 Å². The molecular formula is C16H34N2. The van der Waals surface area contributed by atoms with Gasteiger partial charge in [-0.15, -0.1) is 0 Å². The van der Waals surface area contributed by atoms with Gasteiger partial charge in [0.1, 0.15) is 0 Å². The predicted molar refractivity (Wildman–Crippen MR) is 81.1 cm³/mol. The summed E-state index contributed by atoms with van der Waals surface area (Å²) < 4.78 is 0. The summed E-state index contributed by atoms with van der Waals surface area (Å²) >= 11 is 0. The van der Waals surface area contributed by atoms with E-state index in [1.807, 2.05) is 0 Å². The van der Waals surface area contributed by atoms with Crippen LogP contribution in [0.15, 0.2) is 0 Å². The first-order valence-corrected chi connectivity index (χ1v) is 8.06. The third kappa shape index (κ3) is 3.48. The molecule has 18 heavy (non-hydrogen) atoms. The zero-order valence-corrected chi connectivity index (χ0v) is 13.3. The zero-order chi connectivity index (χ0) is 13.6. The fourth-order valence-electron chi connectivity index (χ4n) is 3.08. The van der Waals surface area contributed by atoms with E-state index in [0.717, 1.165) is 6.54 Å². The van der Waals surface area contributed by atoms with Gasteiger partial charge in [0.25, 0.3) is 0 Å². The Balaban J connectivity index is 2.70. The second-order valence-electron chi connectivity index (χ2n) is 6.32. The van der Waals surface area contributed by atoms with Crippen LogP contribution in [0.25, 0.3) is 0 Å². The highest BCUT2D eigenvalue weighted by Crippen LogP contribution is 2.30. The summed E-state index contributed by atoms with van der Waals surface area (Å²) in [5.41, 5.74) is 0.725. The Morgan fingerprint density at radius 1 is 1.00 bits per heavy atom. The van der Waals surface area contributed by atoms with Gasteiger partial charge in [0, 0.05) is 24.2 Å². The Kier molecular flexibility index (Phi) is 6.13. The Morgan fingerprint density at radius 2 is 1.67 bits per heavy atom. The smallest absolute Gasteiger partial charge is 0.0304 e. The van der Waals surface area contributed by atoms with E-state index in [1.165, 1.54) is 51.6 Å². The number of piperazine rings is 1. The molecular weight excluding hydrogens is 220 g/mol. The number of hydrogen-bond acceptors (Lipinski definition) is 2. The van der Waals surface area contributed by atoms with Gasteiger partial charge in [-0.3, -0.25) is 4.90 Å². The van der Waals surface area contributed by atoms with Crippen molar-refractivity contribution in [3.8, 4) is 0 Å². The van der Waals surface area contributed by atoms with Gasteiger partial charge in [0.05, 0.1) is 0 Å². The van der Waals surface area contributed by atoms with Crippen LogP contribution in [0.3, 0.4) is 0 Å². The largest absolute Gasteiger partial charge is 0.308 e. The summed E-state index contributed by atoms with van der Waals surface area (Å²) in [6.45, 7) is 15.4. The van der Waals surface area contributed by atoms with Crippen LogP contribution in [0.4, 0.5) is 0 Å². The van der Waals surface area contributed by atoms with Gasteiger partial charge in [0.2, 0.25) is 0 Å². The third-order valence-corrected chi connectivity index (χ3v) is 5.25. The van der Waals surface area contributed by atoms with Gasteiger partial charge in [-0.2, -0.15) is 0 Å². The van der Waals surface area contributed by atoms with E-state index in [-0.39, 0.29) is 0 Å². The van der Waals surface area contributed by atoms with Crippen molar-refractivity contribution in [1.29, 1.82) is 0 Å². The van der Waals surface area contributed by atoms with Crippen molar-refractivity contribution in [3.05, 3.63) is 0 Å². The average Bonchev–Trinajstić information content (AvgIpc) is 2.41. The maximum absolute atomic E-state index is 3.85. The Bertz CT molecular complexity index is 235. The molecule has 1 N–H and O–H groups in total. The van der Waals surface area contributed by atoms with Crippen LogP contribution >= 0.6 is 0 Å². The van der Waals surface area contributed by atoms with Crippen LogP contribution in [-0.2, 0) is 0 Å². The lowest BCUT2D eigenvalue weighted by Gasteiger charge is -2.53. The summed E-state index contributed by atoms with van der Waals surface area (Å²) in [6, 6.07) is 0. The first kappa shape index (κ1) is 16.0. The first-order chi connectivity index (χ1) is 8.55. The van der Waals surface area contributed by atoms with Crippen molar-refractivity contribution in [2.24, 2.45) is 0 Å². The maximum Gasteiger partial charge on any atom is 0.0304 e. The van der Waals surface area contributed by atoms with Gasteiger partial charge in [-0.25, -0.2) is 0 Å². The Labute approximate surface area is 115 Å². The van der Waals surface area contributed by atoms with Crippen molar-refractivity contribution >= 4 is 0 Å². The number of nitrogens with zero attached hydrogens (tertiary/aromatic N) is 1. The normalized spacial score (nSPS) is 28.5. The summed E-state index contributed by atoms with van der Waals surface area (Å²) in [4.78, 5) is 2.77. The molecule has 0 saturated carbocycles. The molecule has 1 saturated heterocycles. The molecule has 108 valence electrons. The lowest BCUT2D eigenvalue weighted by Crippen LogP contribution is -2.68. The van der Waals surface area contributed by atoms with E-state index in [0.29, 0.717) is 11.1 Å². The number of nitrogens with one attached hydrogen (secondary N) is 1. The van der Waals surface area contributed by atoms with Gasteiger partial charge in [-0.05, 0) is 39.2 Å². The summed E-state index contributed by atoms with van der Waals surface area (Å²) in [5, 5.41) is 3.85. The average molecular weight is 254 g/mol. The van der Waals surface area contributed by atoms with E-state index < -0.39 is 0 Å². The minimum absolute atomic E-state index is 0.362. The zero-order valence-electron chi connectivity index (χ0n) is 13.3. The summed E-state index contributed by atoms with van der Waals surface area (Å²) in [6.07, 6.45) is 7.78. The fraction of sp³-hybridized carbons (Fsp3) is 1.00. The van der Waals surface area contributed by atoms with Crippen LogP contribution in [0.1, 0.15) is 73.1 Å². The maximum atomic E-state index is 3.85. The number of unbranched alkanes of at least 4 members (excludes halogenated alkanes) is 2. The molecule has 2 heteroatoms. The molecule has 0 aliphatic carbocycles. The minimum atomic E-state index is 0.362. The number of hydrogen-bond donors (Lipinski definition) is 1. The predicted octanol–water partition coefficient (Wildman–Crippen LogP) is 3.81. The monoisotopic (exact) mass is 254 g/mol. The van der Waals surface area contributed by atoms with Crippen LogP contribution in [0.5, 0.6) is 0 Å². The lowest BCUT2D eigenvalue weighted by atomic mass is 9.83. The van der Waals surface area contributed by atoms with Crippen molar-refractivity contribution in [2.75, 3.05) is 19.6 Å². The van der Waals surface area contributed by atoms with Crippen LogP contribution in [-0.4, -0.2) is 35.6 Å². The lowest BCUT2D eigenvalue weighted by molar-refractivity contribution is 0.00807. The van der Waals surface area contributed by atoms with Gasteiger partial charge in [-0.1, -0.05) is 40.5 Å². The molecule has 0 spiro atoms. The van der Waals surface area contributed by atoms with Crippen molar-refractivity contribution in [2.45, 2.75) is 84.2 Å². The molecule has 0 aromatic heterocycles. The highest BCUT2D eigenvalue weighted by atomic mass is 15.3. The summed E-state index contributed by atoms with van der Waals surface area (Å²) in [5.74, 6) is 0. The standard InChI is InChI=1S/C16H34N2/c1-6-10-11-12-18-14-16(8-3,9-4)17-13-15(18,5)7-2/h17H,6-14H2,1-5H3. The van der Waals surface area contributed by atoms with Gasteiger partial charge >= 0.3 is 0 Å². The van der Waals surface area contributed by atoms with E-state index in [1.54, 1.807) is 0 Å². The second-order valence-corrected chi connectivity index (χ2v) is 6.32. The van der Waals surface area contributed by atoms with Gasteiger partial charge in [0.15, 0.2) is 0 Å². The van der Waals surface area contributed by atoms with Crippen molar-refractivity contribution in [3.63, 3.8) is 0 Å². The SMILES string of the molecule is CCCCCN1CC(CC)(CC)NCC1(C)CC. The summed E-state index contributed by atoms with van der Waals surface area (Å²) in [7, 11) is 0. The molecule has 0 radical (unpaired) electrons. The van der Waals surface area contributed by atoms with E-state index in [2.05, 4.69) is 44.8 Å². The van der Waals surface area contributed by atoms with E-state index in [9.17, 15) is 0 Å². The molecule has 1 rings (SSSR count). The molecule has 0 aromatic carbocycles. The Hall–Kier alpha value is -0.0800. The molecule has 1 unspecified atom stereocenters. The minimum Gasteiger partial charge on any atom is -0.308 e. The molecule has 1 aliphatic heterocycles.